The molecule has 1 heterocycles. The summed E-state index contributed by atoms with van der Waals surface area (Å²) in [5, 5.41) is 3.65. The number of aromatic nitrogens is 1. The molecule has 0 aliphatic rings. The Morgan fingerprint density at radius 3 is 2.40 bits per heavy atom. The van der Waals surface area contributed by atoms with E-state index in [1.165, 1.54) is 0 Å². The van der Waals surface area contributed by atoms with Crippen LogP contribution >= 0.6 is 23.2 Å². The molecule has 0 bridgehead atoms. The minimum Gasteiger partial charge on any atom is -0.307 e. The highest BCUT2D eigenvalue weighted by molar-refractivity contribution is 6.42. The van der Waals surface area contributed by atoms with Crippen molar-refractivity contribution >= 4 is 40.7 Å². The zero-order valence-electron chi connectivity index (χ0n) is 13.2. The van der Waals surface area contributed by atoms with Crippen molar-refractivity contribution in [1.82, 2.24) is 4.98 Å². The van der Waals surface area contributed by atoms with Crippen molar-refractivity contribution in [2.24, 2.45) is 0 Å². The number of urea groups is 1. The smallest absolute Gasteiger partial charge is 0.307 e. The molecule has 25 heavy (non-hydrogen) atoms. The zero-order chi connectivity index (χ0) is 17.6. The molecule has 0 spiro atoms. The average molecular weight is 372 g/mol. The monoisotopic (exact) mass is 371 g/mol. The Balaban J connectivity index is 1.85. The normalized spacial score (nSPS) is 10.3. The van der Waals surface area contributed by atoms with E-state index in [-0.39, 0.29) is 6.03 Å². The van der Waals surface area contributed by atoms with E-state index in [0.29, 0.717) is 28.1 Å². The highest BCUT2D eigenvalue weighted by Crippen LogP contribution is 2.25. The summed E-state index contributed by atoms with van der Waals surface area (Å²) in [7, 11) is 0. The fraction of sp³-hybridized carbons (Fsp3) is 0.0526. The fourth-order valence-electron chi connectivity index (χ4n) is 2.30. The minimum absolute atomic E-state index is 0.305. The number of halogens is 2. The van der Waals surface area contributed by atoms with Gasteiger partial charge in [0.05, 0.1) is 16.6 Å². The Morgan fingerprint density at radius 2 is 1.72 bits per heavy atom. The van der Waals surface area contributed by atoms with Crippen LogP contribution < -0.4 is 10.2 Å². The number of amides is 2. The minimum atomic E-state index is -0.305. The highest BCUT2D eigenvalue weighted by atomic mass is 35.5. The quantitative estimate of drug-likeness (QED) is 0.645. The van der Waals surface area contributed by atoms with Gasteiger partial charge >= 0.3 is 6.03 Å². The van der Waals surface area contributed by atoms with Crippen LogP contribution in [0.2, 0.25) is 10.0 Å². The number of anilines is 2. The fourth-order valence-corrected chi connectivity index (χ4v) is 2.60. The van der Waals surface area contributed by atoms with Crippen molar-refractivity contribution < 1.29 is 4.79 Å². The molecule has 0 saturated carbocycles. The van der Waals surface area contributed by atoms with Crippen LogP contribution in [0.25, 0.3) is 0 Å². The summed E-state index contributed by atoms with van der Waals surface area (Å²) in [4.78, 5) is 18.7. The maximum Gasteiger partial charge on any atom is 0.327 e. The van der Waals surface area contributed by atoms with E-state index in [2.05, 4.69) is 10.3 Å². The maximum absolute atomic E-state index is 12.8. The Bertz CT molecular complexity index is 857. The molecule has 0 saturated heterocycles. The van der Waals surface area contributed by atoms with E-state index in [1.807, 2.05) is 36.4 Å². The van der Waals surface area contributed by atoms with Crippen LogP contribution in [0.1, 0.15) is 5.56 Å². The van der Waals surface area contributed by atoms with E-state index in [4.69, 9.17) is 23.2 Å². The number of carbonyl (C=O) groups is 1. The summed E-state index contributed by atoms with van der Waals surface area (Å²) in [5.74, 6) is 0.559. The van der Waals surface area contributed by atoms with E-state index in [1.54, 1.807) is 41.4 Å². The molecule has 0 fully saturated rings. The van der Waals surface area contributed by atoms with Crippen molar-refractivity contribution in [1.29, 1.82) is 0 Å². The summed E-state index contributed by atoms with van der Waals surface area (Å²) >= 11 is 11.9. The van der Waals surface area contributed by atoms with Gasteiger partial charge in [0.2, 0.25) is 0 Å². The van der Waals surface area contributed by atoms with Crippen LogP contribution in [0, 0.1) is 0 Å². The second-order valence-corrected chi connectivity index (χ2v) is 6.13. The van der Waals surface area contributed by atoms with Crippen LogP contribution in [-0.4, -0.2) is 11.0 Å². The lowest BCUT2D eigenvalue weighted by molar-refractivity contribution is 0.256. The van der Waals surface area contributed by atoms with Gasteiger partial charge in [0.25, 0.3) is 0 Å². The number of pyridine rings is 1. The average Bonchev–Trinajstić information content (AvgIpc) is 2.64. The van der Waals surface area contributed by atoms with Gasteiger partial charge in [0, 0.05) is 11.9 Å². The zero-order valence-corrected chi connectivity index (χ0v) is 14.7. The first-order valence-corrected chi connectivity index (χ1v) is 8.37. The first kappa shape index (κ1) is 17.3. The van der Waals surface area contributed by atoms with Crippen molar-refractivity contribution in [3.05, 3.63) is 88.5 Å². The van der Waals surface area contributed by atoms with Crippen LogP contribution in [0.15, 0.2) is 72.9 Å². The molecule has 3 aromatic rings. The Morgan fingerprint density at radius 1 is 0.960 bits per heavy atom. The van der Waals surface area contributed by atoms with Gasteiger partial charge in [-0.1, -0.05) is 59.6 Å². The number of hydrogen-bond donors (Lipinski definition) is 1. The van der Waals surface area contributed by atoms with Crippen LogP contribution in [0.4, 0.5) is 16.3 Å². The van der Waals surface area contributed by atoms with Gasteiger partial charge in [-0.05, 0) is 35.9 Å². The standard InChI is InChI=1S/C19H15Cl2N3O/c20-16-10-9-15(12-17(16)21)23-19(25)24(18-8-4-5-11-22-18)13-14-6-2-1-3-7-14/h1-12H,13H2,(H,23,25). The summed E-state index contributed by atoms with van der Waals surface area (Å²) < 4.78 is 0. The van der Waals surface area contributed by atoms with Gasteiger partial charge < -0.3 is 5.32 Å². The van der Waals surface area contributed by atoms with Crippen LogP contribution in [0.3, 0.4) is 0 Å². The largest absolute Gasteiger partial charge is 0.327 e. The first-order chi connectivity index (χ1) is 12.1. The second-order valence-electron chi connectivity index (χ2n) is 5.32. The number of hydrogen-bond acceptors (Lipinski definition) is 2. The molecular formula is C19H15Cl2N3O. The maximum atomic E-state index is 12.8. The summed E-state index contributed by atoms with van der Waals surface area (Å²) in [6, 6.07) is 19.8. The molecule has 4 nitrogen and oxygen atoms in total. The molecule has 126 valence electrons. The Kier molecular flexibility index (Phi) is 5.53. The van der Waals surface area contributed by atoms with Crippen LogP contribution in [0.5, 0.6) is 0 Å². The van der Waals surface area contributed by atoms with Gasteiger partial charge in [-0.3, -0.25) is 4.90 Å². The third-order valence-corrected chi connectivity index (χ3v) is 4.26. The lowest BCUT2D eigenvalue weighted by atomic mass is 10.2. The molecule has 0 atom stereocenters. The topological polar surface area (TPSA) is 45.2 Å². The lowest BCUT2D eigenvalue weighted by Gasteiger charge is -2.22. The van der Waals surface area contributed by atoms with E-state index in [0.717, 1.165) is 5.56 Å². The number of rotatable bonds is 4. The molecule has 0 radical (unpaired) electrons. The summed E-state index contributed by atoms with van der Waals surface area (Å²) in [6.07, 6.45) is 1.65. The third kappa shape index (κ3) is 4.50. The molecule has 0 aliphatic heterocycles. The third-order valence-electron chi connectivity index (χ3n) is 3.53. The molecular weight excluding hydrogens is 357 g/mol. The van der Waals surface area contributed by atoms with Gasteiger partial charge in [-0.15, -0.1) is 0 Å². The molecule has 0 unspecified atom stereocenters. The van der Waals surface area contributed by atoms with Crippen molar-refractivity contribution in [2.45, 2.75) is 6.54 Å². The van der Waals surface area contributed by atoms with Crippen LogP contribution in [-0.2, 0) is 6.54 Å². The van der Waals surface area contributed by atoms with Crippen molar-refractivity contribution in [2.75, 3.05) is 10.2 Å². The molecule has 0 aliphatic carbocycles. The number of nitrogens with one attached hydrogen (secondary N) is 1. The number of benzene rings is 2. The van der Waals surface area contributed by atoms with Gasteiger partial charge in [0.1, 0.15) is 5.82 Å². The molecule has 2 amide bonds. The molecule has 1 N–H and O–H groups in total. The Labute approximate surface area is 156 Å². The van der Waals surface area contributed by atoms with E-state index >= 15 is 0 Å². The first-order valence-electron chi connectivity index (χ1n) is 7.62. The molecule has 3 rings (SSSR count). The van der Waals surface area contributed by atoms with Crippen molar-refractivity contribution in [3.8, 4) is 0 Å². The lowest BCUT2D eigenvalue weighted by Crippen LogP contribution is -2.35. The highest BCUT2D eigenvalue weighted by Gasteiger charge is 2.17. The van der Waals surface area contributed by atoms with E-state index in [9.17, 15) is 4.79 Å². The SMILES string of the molecule is O=C(Nc1ccc(Cl)c(Cl)c1)N(Cc1ccccc1)c1ccccn1. The molecule has 2 aromatic carbocycles. The predicted molar refractivity (Wildman–Crippen MR) is 102 cm³/mol. The molecule has 1 aromatic heterocycles. The molecule has 6 heteroatoms. The van der Waals surface area contributed by atoms with Gasteiger partial charge in [-0.2, -0.15) is 0 Å². The van der Waals surface area contributed by atoms with Crippen molar-refractivity contribution in [3.63, 3.8) is 0 Å². The predicted octanol–water partition coefficient (Wildman–Crippen LogP) is 5.63. The number of carbonyl (C=O) groups excluding carboxylic acids is 1. The second kappa shape index (κ2) is 8.01. The Hall–Kier alpha value is -2.56. The van der Waals surface area contributed by atoms with E-state index < -0.39 is 0 Å². The van der Waals surface area contributed by atoms with Gasteiger partial charge in [-0.25, -0.2) is 9.78 Å². The summed E-state index contributed by atoms with van der Waals surface area (Å²) in [6.45, 7) is 0.394. The van der Waals surface area contributed by atoms with Gasteiger partial charge in [0.15, 0.2) is 0 Å². The summed E-state index contributed by atoms with van der Waals surface area (Å²) in [5.41, 5.74) is 1.56. The number of nitrogens with zero attached hydrogens (tertiary/aromatic N) is 2.